The van der Waals surface area contributed by atoms with E-state index in [9.17, 15) is 21.6 Å². The zero-order chi connectivity index (χ0) is 26.8. The van der Waals surface area contributed by atoms with Crippen LogP contribution in [0, 0.1) is 0 Å². The van der Waals surface area contributed by atoms with Crippen LogP contribution in [0.4, 0.5) is 13.2 Å². The van der Waals surface area contributed by atoms with Crippen LogP contribution in [0.5, 0.6) is 5.75 Å². The van der Waals surface area contributed by atoms with Crippen LogP contribution in [0.2, 0.25) is 19.6 Å². The number of fused-ring (bicyclic) bond motifs is 4. The van der Waals surface area contributed by atoms with Crippen molar-refractivity contribution in [3.63, 3.8) is 0 Å². The summed E-state index contributed by atoms with van der Waals surface area (Å²) in [5, 5.41) is 12.7. The second-order valence-corrected chi connectivity index (χ2v) is 17.5. The molecule has 7 rings (SSSR count). The van der Waals surface area contributed by atoms with Crippen LogP contribution in [0.25, 0.3) is 64.6 Å². The maximum Gasteiger partial charge on any atom is 0.534 e. The molecule has 0 spiro atoms. The summed E-state index contributed by atoms with van der Waals surface area (Å²) >= 11 is 0. The summed E-state index contributed by atoms with van der Waals surface area (Å²) in [6.07, 6.45) is 0. The van der Waals surface area contributed by atoms with Crippen molar-refractivity contribution in [3.8, 4) is 5.75 Å². The summed E-state index contributed by atoms with van der Waals surface area (Å²) < 4.78 is 69.1. The summed E-state index contributed by atoms with van der Waals surface area (Å²) in [7, 11) is -8.19. The molecule has 0 saturated heterocycles. The fraction of sp³-hybridized carbons (Fsp3) is 0.133. The van der Waals surface area contributed by atoms with E-state index in [-0.39, 0.29) is 5.75 Å². The molecule has 0 aromatic heterocycles. The average Bonchev–Trinajstić information content (AvgIpc) is 2.85. The molecule has 0 bridgehead atoms. The highest BCUT2D eigenvalue weighted by Crippen LogP contribution is 2.48. The lowest BCUT2D eigenvalue weighted by Crippen LogP contribution is -2.40. The van der Waals surface area contributed by atoms with E-state index in [0.29, 0.717) is 10.6 Å². The maximum absolute atomic E-state index is 13.3. The summed E-state index contributed by atoms with van der Waals surface area (Å²) in [5.41, 5.74) is -5.52. The van der Waals surface area contributed by atoms with Gasteiger partial charge in [-0.2, -0.15) is 21.6 Å². The highest BCUT2D eigenvalue weighted by molar-refractivity contribution is 7.88. The second-order valence-electron chi connectivity index (χ2n) is 10.9. The van der Waals surface area contributed by atoms with Gasteiger partial charge in [0.15, 0.2) is 0 Å². The Morgan fingerprint density at radius 2 is 1.11 bits per heavy atom. The largest absolute Gasteiger partial charge is 0.534 e. The van der Waals surface area contributed by atoms with E-state index in [4.69, 9.17) is 4.18 Å². The van der Waals surface area contributed by atoms with Crippen molar-refractivity contribution in [3.05, 3.63) is 72.8 Å². The molecule has 0 amide bonds. The molecule has 0 atom stereocenters. The predicted octanol–water partition coefficient (Wildman–Crippen LogP) is 8.26. The van der Waals surface area contributed by atoms with Crippen LogP contribution in [0.15, 0.2) is 72.8 Å². The monoisotopic (exact) mass is 546 g/mol. The minimum atomic E-state index is -5.83. The number of alkyl halides is 3. The predicted molar refractivity (Wildman–Crippen MR) is 152 cm³/mol. The molecule has 0 fully saturated rings. The minimum absolute atomic E-state index is 0.249. The highest BCUT2D eigenvalue weighted by Gasteiger charge is 2.49. The number of benzene rings is 7. The molecule has 7 aromatic rings. The van der Waals surface area contributed by atoms with Crippen molar-refractivity contribution < 1.29 is 25.8 Å². The normalized spacial score (nSPS) is 13.7. The SMILES string of the molecule is C[Si](C)(C)c1cc2c(cc1OS(=O)(=O)C(F)(F)F)c1ccc3cccc4c5cccc6ccc2c(c65)c1c34. The first-order valence-electron chi connectivity index (χ1n) is 12.2. The molecule has 0 aliphatic carbocycles. The summed E-state index contributed by atoms with van der Waals surface area (Å²) in [5.74, 6) is -0.249. The van der Waals surface area contributed by atoms with Crippen LogP contribution in [-0.4, -0.2) is 22.0 Å². The standard InChI is InChI=1S/C30H21F3O3SSi/c1-38(2,3)25-15-23-21-13-11-17-7-5-9-19-18-8-4-6-16-10-12-20(28(26(16)18)29(21)27(17)19)22(23)14-24(25)36-37(34,35)30(31,32)33/h4-15H,1-3H3. The number of halogens is 3. The molecule has 8 heteroatoms. The summed E-state index contributed by atoms with van der Waals surface area (Å²) in [4.78, 5) is 0. The zero-order valence-corrected chi connectivity index (χ0v) is 22.5. The quantitative estimate of drug-likeness (QED) is 0.0737. The Hall–Kier alpha value is -3.62. The van der Waals surface area contributed by atoms with Crippen molar-refractivity contribution in [2.75, 3.05) is 0 Å². The lowest BCUT2D eigenvalue weighted by Gasteiger charge is -2.24. The zero-order valence-electron chi connectivity index (χ0n) is 20.7. The van der Waals surface area contributed by atoms with E-state index in [1.165, 1.54) is 6.07 Å². The topological polar surface area (TPSA) is 43.4 Å². The fourth-order valence-corrected chi connectivity index (χ4v) is 8.00. The Bertz CT molecular complexity index is 2200. The van der Waals surface area contributed by atoms with E-state index in [1.54, 1.807) is 0 Å². The van der Waals surface area contributed by atoms with E-state index in [1.807, 2.05) is 43.9 Å². The summed E-state index contributed by atoms with van der Waals surface area (Å²) in [6, 6.07) is 24.0. The fourth-order valence-electron chi connectivity index (χ4n) is 6.02. The average molecular weight is 547 g/mol. The second kappa shape index (κ2) is 7.27. The lowest BCUT2D eigenvalue weighted by molar-refractivity contribution is -0.0499. The molecular formula is C30H21F3O3SSi. The molecule has 0 saturated carbocycles. The molecule has 0 radical (unpaired) electrons. The van der Waals surface area contributed by atoms with E-state index < -0.39 is 23.7 Å². The Labute approximate surface area is 217 Å². The molecule has 0 N–H and O–H groups in total. The molecule has 3 nitrogen and oxygen atoms in total. The van der Waals surface area contributed by atoms with Crippen LogP contribution >= 0.6 is 0 Å². The molecule has 0 aliphatic rings. The van der Waals surface area contributed by atoms with Gasteiger partial charge < -0.3 is 4.18 Å². The first kappa shape index (κ1) is 23.5. The Balaban J connectivity index is 1.74. The highest BCUT2D eigenvalue weighted by atomic mass is 32.2. The van der Waals surface area contributed by atoms with Crippen LogP contribution in [0.1, 0.15) is 0 Å². The minimum Gasteiger partial charge on any atom is -0.376 e. The number of hydrogen-bond donors (Lipinski definition) is 0. The molecule has 0 aliphatic heterocycles. The third kappa shape index (κ3) is 3.04. The van der Waals surface area contributed by atoms with Crippen LogP contribution in [-0.2, 0) is 10.1 Å². The van der Waals surface area contributed by atoms with Gasteiger partial charge in [-0.1, -0.05) is 86.4 Å². The van der Waals surface area contributed by atoms with E-state index >= 15 is 0 Å². The van der Waals surface area contributed by atoms with E-state index in [2.05, 4.69) is 42.5 Å². The third-order valence-electron chi connectivity index (χ3n) is 7.62. The Morgan fingerprint density at radius 3 is 1.58 bits per heavy atom. The van der Waals surface area contributed by atoms with Gasteiger partial charge in [0.1, 0.15) is 5.75 Å². The lowest BCUT2D eigenvalue weighted by atomic mass is 9.83. The van der Waals surface area contributed by atoms with Gasteiger partial charge in [0.05, 0.1) is 8.07 Å². The summed E-state index contributed by atoms with van der Waals surface area (Å²) in [6.45, 7) is 5.88. The van der Waals surface area contributed by atoms with Gasteiger partial charge in [0, 0.05) is 0 Å². The molecule has 38 heavy (non-hydrogen) atoms. The van der Waals surface area contributed by atoms with Gasteiger partial charge in [-0.3, -0.25) is 0 Å². The van der Waals surface area contributed by atoms with Crippen molar-refractivity contribution in [2.45, 2.75) is 25.1 Å². The molecule has 190 valence electrons. The Morgan fingerprint density at radius 1 is 0.632 bits per heavy atom. The van der Waals surface area contributed by atoms with Gasteiger partial charge in [0.2, 0.25) is 0 Å². The number of rotatable bonds is 3. The van der Waals surface area contributed by atoms with Gasteiger partial charge in [-0.05, 0) is 75.9 Å². The van der Waals surface area contributed by atoms with E-state index in [0.717, 1.165) is 59.2 Å². The molecular weight excluding hydrogens is 525 g/mol. The first-order chi connectivity index (χ1) is 17.9. The van der Waals surface area contributed by atoms with Crippen LogP contribution in [0.3, 0.4) is 0 Å². The van der Waals surface area contributed by atoms with Gasteiger partial charge in [-0.25, -0.2) is 0 Å². The van der Waals surface area contributed by atoms with Crippen molar-refractivity contribution in [1.29, 1.82) is 0 Å². The van der Waals surface area contributed by atoms with Gasteiger partial charge >= 0.3 is 15.6 Å². The third-order valence-corrected chi connectivity index (χ3v) is 10.6. The van der Waals surface area contributed by atoms with Crippen LogP contribution < -0.4 is 9.37 Å². The van der Waals surface area contributed by atoms with Gasteiger partial charge in [-0.15, -0.1) is 0 Å². The van der Waals surface area contributed by atoms with Gasteiger partial charge in [0.25, 0.3) is 0 Å². The Kier molecular flexibility index (Phi) is 4.49. The molecule has 0 unspecified atom stereocenters. The maximum atomic E-state index is 13.3. The van der Waals surface area contributed by atoms with Crippen molar-refractivity contribution >= 4 is 88.0 Å². The number of hydrogen-bond acceptors (Lipinski definition) is 3. The smallest absolute Gasteiger partial charge is 0.376 e. The first-order valence-corrected chi connectivity index (χ1v) is 17.1. The van der Waals surface area contributed by atoms with Crippen molar-refractivity contribution in [1.82, 2.24) is 0 Å². The molecule has 0 heterocycles. The molecule has 7 aromatic carbocycles. The van der Waals surface area contributed by atoms with Crippen molar-refractivity contribution in [2.24, 2.45) is 0 Å².